The van der Waals surface area contributed by atoms with Crippen LogP contribution in [0, 0.1) is 17.5 Å². The van der Waals surface area contributed by atoms with E-state index in [9.17, 15) is 21.8 Å². The van der Waals surface area contributed by atoms with Crippen molar-refractivity contribution in [2.75, 3.05) is 0 Å². The molecule has 0 saturated heterocycles. The quantitative estimate of drug-likeness (QED) is 0.431. The van der Waals surface area contributed by atoms with Crippen molar-refractivity contribution in [3.63, 3.8) is 0 Å². The van der Waals surface area contributed by atoms with E-state index in [1.807, 2.05) is 0 Å². The lowest BCUT2D eigenvalue weighted by Gasteiger charge is -2.31. The number of halogens is 5. The third-order valence-corrected chi connectivity index (χ3v) is 4.04. The van der Waals surface area contributed by atoms with Crippen molar-refractivity contribution in [2.45, 2.75) is 0 Å². The second kappa shape index (κ2) is 4.44. The molecule has 0 amide bonds. The zero-order valence-corrected chi connectivity index (χ0v) is 11.5. The van der Waals surface area contributed by atoms with Crippen LogP contribution in [0.25, 0.3) is 5.57 Å². The minimum absolute atomic E-state index is 0.0473. The minimum Gasteiger partial charge on any atom is -0.396 e. The van der Waals surface area contributed by atoms with Gasteiger partial charge in [-0.1, -0.05) is 0 Å². The van der Waals surface area contributed by atoms with Gasteiger partial charge in [-0.2, -0.15) is 0 Å². The smallest absolute Gasteiger partial charge is 0.396 e. The molecule has 0 saturated carbocycles. The summed E-state index contributed by atoms with van der Waals surface area (Å²) in [7, 11) is 0. The van der Waals surface area contributed by atoms with Gasteiger partial charge in [-0.3, -0.25) is 0 Å². The Labute approximate surface area is 127 Å². The molecule has 1 aromatic heterocycles. The lowest BCUT2D eigenvalue weighted by Crippen LogP contribution is -2.49. The van der Waals surface area contributed by atoms with Gasteiger partial charge in [-0.15, -0.1) is 0 Å². The van der Waals surface area contributed by atoms with Crippen molar-refractivity contribution in [3.8, 4) is 0 Å². The molecule has 0 atom stereocenters. The Morgan fingerprint density at radius 2 is 1.78 bits per heavy atom. The van der Waals surface area contributed by atoms with E-state index in [4.69, 9.17) is 0 Å². The Morgan fingerprint density at radius 3 is 2.57 bits per heavy atom. The fourth-order valence-corrected chi connectivity index (χ4v) is 3.01. The van der Waals surface area contributed by atoms with Crippen molar-refractivity contribution in [1.29, 1.82) is 0 Å². The number of hydrogen-bond acceptors (Lipinski definition) is 0. The Bertz CT molecular complexity index is 939. The molecule has 0 unspecified atom stereocenters. The summed E-state index contributed by atoms with van der Waals surface area (Å²) >= 11 is 0. The molecular weight excluding hydrogens is 314 g/mol. The number of benzene rings is 1. The molecule has 23 heavy (non-hydrogen) atoms. The Morgan fingerprint density at radius 1 is 1.00 bits per heavy atom. The molecule has 116 valence electrons. The van der Waals surface area contributed by atoms with E-state index in [2.05, 4.69) is 0 Å². The number of allylic oxidation sites excluding steroid dienone is 2. The van der Waals surface area contributed by atoms with Crippen LogP contribution < -0.4 is 0 Å². The van der Waals surface area contributed by atoms with Crippen molar-refractivity contribution in [3.05, 3.63) is 77.0 Å². The Balaban J connectivity index is 2.08. The summed E-state index contributed by atoms with van der Waals surface area (Å²) in [6.07, 6.45) is 5.14. The molecule has 2 nitrogen and oxygen atoms in total. The van der Waals surface area contributed by atoms with Crippen LogP contribution in [0.4, 0.5) is 21.8 Å². The molecule has 8 heteroatoms. The van der Waals surface area contributed by atoms with Gasteiger partial charge in [0.1, 0.15) is 6.21 Å². The van der Waals surface area contributed by atoms with Crippen molar-refractivity contribution < 1.29 is 26.3 Å². The first kappa shape index (κ1) is 14.0. The number of hydrogen-bond donors (Lipinski definition) is 0. The van der Waals surface area contributed by atoms with Crippen LogP contribution in [-0.4, -0.2) is 22.1 Å². The summed E-state index contributed by atoms with van der Waals surface area (Å²) in [5, 5.41) is 0. The zero-order chi connectivity index (χ0) is 16.4. The lowest BCUT2D eigenvalue weighted by atomic mass is 9.86. The van der Waals surface area contributed by atoms with E-state index in [0.717, 1.165) is 21.1 Å². The SMILES string of the molecule is Fc1ccc(C2=C3C=CC=[N+]3[B-](F)(F)n3cccc32)c(F)c1F. The summed E-state index contributed by atoms with van der Waals surface area (Å²) in [4.78, 5) is 0. The normalized spacial score (nSPS) is 18.0. The van der Waals surface area contributed by atoms with Gasteiger partial charge in [0.25, 0.3) is 0 Å². The van der Waals surface area contributed by atoms with Crippen LogP contribution in [0.3, 0.4) is 0 Å². The van der Waals surface area contributed by atoms with Crippen LogP contribution in [0.1, 0.15) is 11.3 Å². The second-order valence-electron chi connectivity index (χ2n) is 5.29. The summed E-state index contributed by atoms with van der Waals surface area (Å²) in [6, 6.07) is 4.62. The van der Waals surface area contributed by atoms with E-state index in [1.165, 1.54) is 36.7 Å². The predicted octanol–water partition coefficient (Wildman–Crippen LogP) is 3.55. The number of nitrogens with zero attached hydrogens (tertiary/aromatic N) is 2. The largest absolute Gasteiger partial charge is 0.737 e. The molecule has 2 aliphatic heterocycles. The first-order valence-electron chi connectivity index (χ1n) is 6.80. The number of fused-ring (bicyclic) bond motifs is 2. The van der Waals surface area contributed by atoms with Gasteiger partial charge < -0.3 is 17.6 Å². The highest BCUT2D eigenvalue weighted by Crippen LogP contribution is 2.39. The highest BCUT2D eigenvalue weighted by atomic mass is 19.2. The fraction of sp³-hybridized carbons (Fsp3) is 0. The summed E-state index contributed by atoms with van der Waals surface area (Å²) in [6.45, 7) is -4.12. The van der Waals surface area contributed by atoms with Gasteiger partial charge in [-0.05, 0) is 30.5 Å². The maximum absolute atomic E-state index is 14.5. The van der Waals surface area contributed by atoms with Crippen LogP contribution >= 0.6 is 0 Å². The topological polar surface area (TPSA) is 7.94 Å². The molecule has 0 spiro atoms. The average Bonchev–Trinajstić information content (AvgIpc) is 3.17. The average molecular weight is 322 g/mol. The molecule has 0 N–H and O–H groups in total. The summed E-state index contributed by atoms with van der Waals surface area (Å²) in [5.74, 6) is -4.37. The zero-order valence-electron chi connectivity index (χ0n) is 11.5. The molecule has 1 aromatic carbocycles. The third kappa shape index (κ3) is 1.71. The van der Waals surface area contributed by atoms with Crippen molar-refractivity contribution in [1.82, 2.24) is 4.48 Å². The Kier molecular flexibility index (Phi) is 2.70. The van der Waals surface area contributed by atoms with Gasteiger partial charge >= 0.3 is 6.97 Å². The molecule has 0 bridgehead atoms. The van der Waals surface area contributed by atoms with Gasteiger partial charge in [0.15, 0.2) is 23.1 Å². The maximum atomic E-state index is 14.5. The van der Waals surface area contributed by atoms with Gasteiger partial charge in [-0.25, -0.2) is 13.2 Å². The highest BCUT2D eigenvalue weighted by molar-refractivity contribution is 6.57. The molecule has 4 rings (SSSR count). The van der Waals surface area contributed by atoms with E-state index in [1.54, 1.807) is 0 Å². The summed E-state index contributed by atoms with van der Waals surface area (Å²) in [5.41, 5.74) is -0.0866. The molecule has 0 fully saturated rings. The van der Waals surface area contributed by atoms with E-state index < -0.39 is 24.4 Å². The number of rotatable bonds is 1. The first-order valence-corrected chi connectivity index (χ1v) is 6.80. The first-order chi connectivity index (χ1) is 10.9. The summed E-state index contributed by atoms with van der Waals surface area (Å²) < 4.78 is 71.5. The van der Waals surface area contributed by atoms with Crippen molar-refractivity contribution >= 4 is 18.8 Å². The van der Waals surface area contributed by atoms with Gasteiger partial charge in [0.2, 0.25) is 0 Å². The van der Waals surface area contributed by atoms with Gasteiger partial charge in [0.05, 0.1) is 5.57 Å². The molecule has 0 radical (unpaired) electrons. The van der Waals surface area contributed by atoms with Crippen LogP contribution in [0.15, 0.2) is 48.3 Å². The molecule has 2 aliphatic rings. The lowest BCUT2D eigenvalue weighted by molar-refractivity contribution is -0.356. The fourth-order valence-electron chi connectivity index (χ4n) is 3.01. The van der Waals surface area contributed by atoms with Crippen LogP contribution in [0.2, 0.25) is 0 Å². The molecular formula is C15H8BF5N2. The molecule has 2 aromatic rings. The highest BCUT2D eigenvalue weighted by Gasteiger charge is 2.51. The molecule has 0 aliphatic carbocycles. The standard InChI is InChI=1S/C15H8BF5N2/c17-10-6-5-9(14(18)15(10)19)13-11-3-1-7-22(11)16(20,21)23-8-2-4-12(13)23/h1-8H. The van der Waals surface area contributed by atoms with E-state index in [0.29, 0.717) is 0 Å². The maximum Gasteiger partial charge on any atom is 0.737 e. The monoisotopic (exact) mass is 322 g/mol. The minimum atomic E-state index is -4.12. The van der Waals surface area contributed by atoms with Crippen LogP contribution in [-0.2, 0) is 0 Å². The van der Waals surface area contributed by atoms with Crippen LogP contribution in [0.5, 0.6) is 0 Å². The van der Waals surface area contributed by atoms with Crippen molar-refractivity contribution in [2.24, 2.45) is 0 Å². The number of aromatic nitrogens is 1. The third-order valence-electron chi connectivity index (χ3n) is 4.04. The van der Waals surface area contributed by atoms with E-state index >= 15 is 0 Å². The Hall–Kier alpha value is -2.64. The predicted molar refractivity (Wildman–Crippen MR) is 75.6 cm³/mol. The van der Waals surface area contributed by atoms with E-state index in [-0.39, 0.29) is 22.5 Å². The molecule has 3 heterocycles. The second-order valence-corrected chi connectivity index (χ2v) is 5.29. The van der Waals surface area contributed by atoms with Gasteiger partial charge in [0, 0.05) is 23.4 Å².